The molecule has 7 heteroatoms. The highest BCUT2D eigenvalue weighted by Gasteiger charge is 2.35. The molecule has 1 fully saturated rings. The van der Waals surface area contributed by atoms with Crippen molar-refractivity contribution in [2.75, 3.05) is 28.4 Å². The Morgan fingerprint density at radius 1 is 0.941 bits per heavy atom. The third kappa shape index (κ3) is 5.48. The minimum Gasteiger partial charge on any atom is -0.324 e. The van der Waals surface area contributed by atoms with Crippen molar-refractivity contribution in [3.05, 3.63) is 96.1 Å². The van der Waals surface area contributed by atoms with Crippen molar-refractivity contribution in [2.24, 2.45) is 0 Å². The number of benzene rings is 3. The second-order valence-corrected chi connectivity index (χ2v) is 8.99. The molecular formula is C27H27N3O3S. The Balaban J connectivity index is 1.37. The predicted octanol–water partition coefficient (Wildman–Crippen LogP) is 4.44. The number of carbonyl (C=O) groups is 3. The summed E-state index contributed by atoms with van der Waals surface area (Å²) in [4.78, 5) is 42.0. The molecule has 1 heterocycles. The van der Waals surface area contributed by atoms with E-state index in [4.69, 9.17) is 0 Å². The Labute approximate surface area is 204 Å². The fourth-order valence-corrected chi connectivity index (χ4v) is 5.07. The van der Waals surface area contributed by atoms with E-state index in [1.54, 1.807) is 45.8 Å². The molecule has 6 nitrogen and oxygen atoms in total. The van der Waals surface area contributed by atoms with Crippen molar-refractivity contribution in [3.63, 3.8) is 0 Å². The van der Waals surface area contributed by atoms with Crippen LogP contribution >= 0.6 is 11.8 Å². The first kappa shape index (κ1) is 23.6. The van der Waals surface area contributed by atoms with Crippen LogP contribution in [0.2, 0.25) is 0 Å². The van der Waals surface area contributed by atoms with Gasteiger partial charge in [0.05, 0.1) is 12.3 Å². The van der Waals surface area contributed by atoms with Gasteiger partial charge in [-0.25, -0.2) is 0 Å². The Bertz CT molecular complexity index is 1140. The van der Waals surface area contributed by atoms with E-state index in [1.165, 1.54) is 0 Å². The Morgan fingerprint density at radius 2 is 1.59 bits per heavy atom. The minimum absolute atomic E-state index is 0.0172. The summed E-state index contributed by atoms with van der Waals surface area (Å²) in [5.74, 6) is 0.715. The molecule has 34 heavy (non-hydrogen) atoms. The predicted molar refractivity (Wildman–Crippen MR) is 137 cm³/mol. The van der Waals surface area contributed by atoms with Gasteiger partial charge in [0.1, 0.15) is 6.04 Å². The first-order valence-corrected chi connectivity index (χ1v) is 12.4. The molecule has 0 saturated carbocycles. The second kappa shape index (κ2) is 11.0. The normalized spacial score (nSPS) is 15.1. The summed E-state index contributed by atoms with van der Waals surface area (Å²) in [5.41, 5.74) is 2.96. The zero-order valence-electron chi connectivity index (χ0n) is 19.0. The van der Waals surface area contributed by atoms with Crippen molar-refractivity contribution in [3.8, 4) is 0 Å². The monoisotopic (exact) mass is 473 g/mol. The molecule has 4 rings (SSSR count). The molecule has 174 valence electrons. The summed E-state index contributed by atoms with van der Waals surface area (Å²) in [7, 11) is 0. The van der Waals surface area contributed by atoms with E-state index in [2.05, 4.69) is 5.32 Å². The van der Waals surface area contributed by atoms with Crippen LogP contribution in [0.25, 0.3) is 0 Å². The molecular weight excluding hydrogens is 446 g/mol. The molecule has 0 bridgehead atoms. The third-order valence-corrected chi connectivity index (χ3v) is 6.74. The SMILES string of the molecule is CCN(C(=O)Cc1ccc(NC(=O)[C@@H]2CSCN2C(=O)c2ccccc2)cc1)c1ccccc1. The van der Waals surface area contributed by atoms with Crippen LogP contribution < -0.4 is 10.2 Å². The summed E-state index contributed by atoms with van der Waals surface area (Å²) in [5, 5.41) is 2.92. The average molecular weight is 474 g/mol. The van der Waals surface area contributed by atoms with E-state index in [9.17, 15) is 14.4 Å². The molecule has 1 aliphatic rings. The van der Waals surface area contributed by atoms with E-state index in [-0.39, 0.29) is 24.1 Å². The lowest BCUT2D eigenvalue weighted by molar-refractivity contribution is -0.119. The highest BCUT2D eigenvalue weighted by atomic mass is 32.2. The Hall–Kier alpha value is -3.58. The fourth-order valence-electron chi connectivity index (χ4n) is 3.92. The summed E-state index contributed by atoms with van der Waals surface area (Å²) in [6, 6.07) is 25.4. The Morgan fingerprint density at radius 3 is 2.24 bits per heavy atom. The van der Waals surface area contributed by atoms with Gasteiger partial charge in [0.25, 0.3) is 5.91 Å². The van der Waals surface area contributed by atoms with E-state index in [0.717, 1.165) is 11.3 Å². The van der Waals surface area contributed by atoms with Gasteiger partial charge in [0.15, 0.2) is 0 Å². The summed E-state index contributed by atoms with van der Waals surface area (Å²) in [6.45, 7) is 2.55. The van der Waals surface area contributed by atoms with Crippen LogP contribution in [0.5, 0.6) is 0 Å². The lowest BCUT2D eigenvalue weighted by Gasteiger charge is -2.23. The van der Waals surface area contributed by atoms with Crippen LogP contribution in [0.15, 0.2) is 84.9 Å². The molecule has 3 aromatic carbocycles. The van der Waals surface area contributed by atoms with Gasteiger partial charge in [-0.3, -0.25) is 14.4 Å². The smallest absolute Gasteiger partial charge is 0.255 e. The summed E-state index contributed by atoms with van der Waals surface area (Å²) in [6.07, 6.45) is 0.273. The summed E-state index contributed by atoms with van der Waals surface area (Å²) < 4.78 is 0. The third-order valence-electron chi connectivity index (χ3n) is 5.73. The molecule has 0 unspecified atom stereocenters. The maximum absolute atomic E-state index is 12.9. The van der Waals surface area contributed by atoms with Gasteiger partial charge in [0.2, 0.25) is 11.8 Å². The number of rotatable bonds is 7. The fraction of sp³-hybridized carbons (Fsp3) is 0.222. The first-order chi connectivity index (χ1) is 16.6. The largest absolute Gasteiger partial charge is 0.324 e. The maximum Gasteiger partial charge on any atom is 0.255 e. The number of hydrogen-bond donors (Lipinski definition) is 1. The van der Waals surface area contributed by atoms with Crippen molar-refractivity contribution in [1.82, 2.24) is 4.90 Å². The second-order valence-electron chi connectivity index (χ2n) is 7.99. The van der Waals surface area contributed by atoms with Crippen molar-refractivity contribution in [2.45, 2.75) is 19.4 Å². The Kier molecular flexibility index (Phi) is 7.65. The maximum atomic E-state index is 12.9. The number of para-hydroxylation sites is 1. The summed E-state index contributed by atoms with van der Waals surface area (Å²) >= 11 is 1.57. The van der Waals surface area contributed by atoms with Crippen LogP contribution in [0.3, 0.4) is 0 Å². The van der Waals surface area contributed by atoms with E-state index in [0.29, 0.717) is 29.4 Å². The molecule has 1 N–H and O–H groups in total. The molecule has 3 aromatic rings. The highest BCUT2D eigenvalue weighted by Crippen LogP contribution is 2.24. The molecule has 1 aliphatic heterocycles. The lowest BCUT2D eigenvalue weighted by atomic mass is 10.1. The number of amides is 3. The van der Waals surface area contributed by atoms with Crippen LogP contribution in [0, 0.1) is 0 Å². The highest BCUT2D eigenvalue weighted by molar-refractivity contribution is 7.99. The average Bonchev–Trinajstić information content (AvgIpc) is 3.37. The van der Waals surface area contributed by atoms with Crippen molar-refractivity contribution >= 4 is 40.9 Å². The van der Waals surface area contributed by atoms with Gasteiger partial charge in [-0.1, -0.05) is 48.5 Å². The van der Waals surface area contributed by atoms with Crippen LogP contribution in [-0.4, -0.2) is 46.8 Å². The molecule has 0 aromatic heterocycles. The van der Waals surface area contributed by atoms with Gasteiger partial charge >= 0.3 is 0 Å². The van der Waals surface area contributed by atoms with E-state index >= 15 is 0 Å². The van der Waals surface area contributed by atoms with Crippen LogP contribution in [-0.2, 0) is 16.0 Å². The minimum atomic E-state index is -0.525. The number of nitrogens with zero attached hydrogens (tertiary/aromatic N) is 2. The number of anilines is 2. The number of carbonyl (C=O) groups excluding carboxylic acids is 3. The molecule has 0 spiro atoms. The van der Waals surface area contributed by atoms with E-state index in [1.807, 2.05) is 67.6 Å². The van der Waals surface area contributed by atoms with Crippen LogP contribution in [0.1, 0.15) is 22.8 Å². The van der Waals surface area contributed by atoms with Gasteiger partial charge in [-0.15, -0.1) is 11.8 Å². The zero-order valence-corrected chi connectivity index (χ0v) is 19.8. The lowest BCUT2D eigenvalue weighted by Crippen LogP contribution is -2.44. The molecule has 1 saturated heterocycles. The first-order valence-electron chi connectivity index (χ1n) is 11.3. The van der Waals surface area contributed by atoms with Crippen molar-refractivity contribution < 1.29 is 14.4 Å². The zero-order chi connectivity index (χ0) is 23.9. The molecule has 0 radical (unpaired) electrons. The number of likely N-dealkylation sites (N-methyl/N-ethyl adjacent to an activating group) is 1. The molecule has 1 atom stereocenters. The standard InChI is InChI=1S/C27H27N3O3S/c1-2-29(23-11-7-4-8-12-23)25(31)17-20-13-15-22(16-14-20)28-26(32)24-18-34-19-30(24)27(33)21-9-5-3-6-10-21/h3-16,24H,2,17-19H2,1H3,(H,28,32)/t24-/m0/s1. The van der Waals surface area contributed by atoms with Gasteiger partial charge < -0.3 is 15.1 Å². The topological polar surface area (TPSA) is 69.7 Å². The number of nitrogens with one attached hydrogen (secondary N) is 1. The van der Waals surface area contributed by atoms with Crippen LogP contribution in [0.4, 0.5) is 11.4 Å². The van der Waals surface area contributed by atoms with Gasteiger partial charge in [-0.2, -0.15) is 0 Å². The van der Waals surface area contributed by atoms with Gasteiger partial charge in [0, 0.05) is 29.2 Å². The van der Waals surface area contributed by atoms with Crippen molar-refractivity contribution in [1.29, 1.82) is 0 Å². The van der Waals surface area contributed by atoms with E-state index < -0.39 is 6.04 Å². The van der Waals surface area contributed by atoms with Gasteiger partial charge in [-0.05, 0) is 48.9 Å². The number of hydrogen-bond acceptors (Lipinski definition) is 4. The number of thioether (sulfide) groups is 1. The quantitative estimate of drug-likeness (QED) is 0.551. The molecule has 0 aliphatic carbocycles. The molecule has 3 amide bonds.